The Morgan fingerprint density at radius 1 is 1.50 bits per heavy atom. The predicted molar refractivity (Wildman–Crippen MR) is 52.4 cm³/mol. The van der Waals surface area contributed by atoms with E-state index in [1.165, 1.54) is 6.07 Å². The lowest BCUT2D eigenvalue weighted by atomic mass is 10.2. The Morgan fingerprint density at radius 2 is 2.14 bits per heavy atom. The smallest absolute Gasteiger partial charge is 0.342 e. The molecule has 0 spiro atoms. The van der Waals surface area contributed by atoms with Crippen molar-refractivity contribution in [2.45, 2.75) is 6.92 Å². The Kier molecular flexibility index (Phi) is 3.72. The van der Waals surface area contributed by atoms with Crippen LogP contribution in [-0.4, -0.2) is 12.6 Å². The molecular formula is C9H7Cl2FO2. The molecule has 0 radical (unpaired) electrons. The van der Waals surface area contributed by atoms with Gasteiger partial charge in [-0.1, -0.05) is 23.2 Å². The van der Waals surface area contributed by atoms with Crippen LogP contribution in [-0.2, 0) is 4.74 Å². The molecule has 0 N–H and O–H groups in total. The number of halogens is 3. The van der Waals surface area contributed by atoms with Gasteiger partial charge in [0.2, 0.25) is 0 Å². The molecule has 14 heavy (non-hydrogen) atoms. The van der Waals surface area contributed by atoms with Crippen molar-refractivity contribution >= 4 is 29.2 Å². The number of benzene rings is 1. The van der Waals surface area contributed by atoms with E-state index in [1.54, 1.807) is 6.92 Å². The first-order valence-corrected chi connectivity index (χ1v) is 4.63. The van der Waals surface area contributed by atoms with Gasteiger partial charge >= 0.3 is 5.97 Å². The van der Waals surface area contributed by atoms with Crippen LogP contribution in [0.4, 0.5) is 4.39 Å². The summed E-state index contributed by atoms with van der Waals surface area (Å²) in [5, 5.41) is 0.0917. The lowest BCUT2D eigenvalue weighted by molar-refractivity contribution is 0.0521. The minimum Gasteiger partial charge on any atom is -0.462 e. The topological polar surface area (TPSA) is 26.3 Å². The van der Waals surface area contributed by atoms with Crippen LogP contribution in [0.2, 0.25) is 10.0 Å². The second kappa shape index (κ2) is 4.62. The van der Waals surface area contributed by atoms with E-state index >= 15 is 0 Å². The standard InChI is InChI=1S/C9H7Cl2FO2/c1-2-14-9(13)8-6(11)3-5(10)4-7(8)12/h3-4H,2H2,1H3. The number of carbonyl (C=O) groups excluding carboxylic acids is 1. The molecule has 0 amide bonds. The third kappa shape index (κ3) is 2.36. The molecule has 0 aromatic heterocycles. The number of carbonyl (C=O) groups is 1. The van der Waals surface area contributed by atoms with Crippen molar-refractivity contribution in [3.63, 3.8) is 0 Å². The van der Waals surface area contributed by atoms with Crippen LogP contribution in [0, 0.1) is 5.82 Å². The van der Waals surface area contributed by atoms with Gasteiger partial charge in [0.25, 0.3) is 0 Å². The van der Waals surface area contributed by atoms with Gasteiger partial charge in [0.15, 0.2) is 0 Å². The number of hydrogen-bond donors (Lipinski definition) is 0. The van der Waals surface area contributed by atoms with E-state index in [1.807, 2.05) is 0 Å². The Morgan fingerprint density at radius 3 is 2.64 bits per heavy atom. The van der Waals surface area contributed by atoms with E-state index in [0.29, 0.717) is 0 Å². The van der Waals surface area contributed by atoms with E-state index in [9.17, 15) is 9.18 Å². The lowest BCUT2D eigenvalue weighted by Crippen LogP contribution is -2.08. The van der Waals surface area contributed by atoms with Crippen LogP contribution in [0.5, 0.6) is 0 Å². The summed E-state index contributed by atoms with van der Waals surface area (Å²) in [6, 6.07) is 2.30. The van der Waals surface area contributed by atoms with Gasteiger partial charge in [-0.2, -0.15) is 0 Å². The van der Waals surface area contributed by atoms with Gasteiger partial charge in [-0.25, -0.2) is 9.18 Å². The molecular weight excluding hydrogens is 230 g/mol. The van der Waals surface area contributed by atoms with Crippen LogP contribution in [0.1, 0.15) is 17.3 Å². The molecule has 1 aromatic rings. The second-order valence-corrected chi connectivity index (χ2v) is 3.31. The molecule has 5 heteroatoms. The van der Waals surface area contributed by atoms with Crippen molar-refractivity contribution in [3.8, 4) is 0 Å². The quantitative estimate of drug-likeness (QED) is 0.737. The normalized spacial score (nSPS) is 10.0. The summed E-state index contributed by atoms with van der Waals surface area (Å²) >= 11 is 11.2. The van der Waals surface area contributed by atoms with Crippen LogP contribution in [0.3, 0.4) is 0 Å². The van der Waals surface area contributed by atoms with Crippen LogP contribution < -0.4 is 0 Å². The van der Waals surface area contributed by atoms with Crippen LogP contribution in [0.15, 0.2) is 12.1 Å². The van der Waals surface area contributed by atoms with Crippen LogP contribution >= 0.6 is 23.2 Å². The molecule has 1 aromatic carbocycles. The maximum absolute atomic E-state index is 13.2. The Bertz CT molecular complexity index is 343. The zero-order chi connectivity index (χ0) is 10.7. The van der Waals surface area contributed by atoms with Crippen molar-refractivity contribution in [1.82, 2.24) is 0 Å². The van der Waals surface area contributed by atoms with E-state index in [4.69, 9.17) is 23.2 Å². The van der Waals surface area contributed by atoms with Crippen molar-refractivity contribution in [3.05, 3.63) is 33.6 Å². The number of ether oxygens (including phenoxy) is 1. The third-order valence-corrected chi connectivity index (χ3v) is 2.00. The highest BCUT2D eigenvalue weighted by Gasteiger charge is 2.17. The van der Waals surface area contributed by atoms with Crippen molar-refractivity contribution in [2.24, 2.45) is 0 Å². The maximum Gasteiger partial charge on any atom is 0.342 e. The molecule has 0 fully saturated rings. The van der Waals surface area contributed by atoms with Crippen molar-refractivity contribution in [1.29, 1.82) is 0 Å². The molecule has 0 saturated heterocycles. The largest absolute Gasteiger partial charge is 0.462 e. The SMILES string of the molecule is CCOC(=O)c1c(F)cc(Cl)cc1Cl. The summed E-state index contributed by atoms with van der Waals surface area (Å²) in [6.45, 7) is 1.79. The van der Waals surface area contributed by atoms with Gasteiger partial charge in [0.1, 0.15) is 11.4 Å². The van der Waals surface area contributed by atoms with E-state index in [0.717, 1.165) is 6.07 Å². The first-order valence-electron chi connectivity index (χ1n) is 3.88. The first-order chi connectivity index (χ1) is 6.56. The number of esters is 1. The molecule has 1 rings (SSSR count). The summed E-state index contributed by atoms with van der Waals surface area (Å²) in [6.07, 6.45) is 0. The fourth-order valence-corrected chi connectivity index (χ4v) is 1.49. The average molecular weight is 237 g/mol. The minimum atomic E-state index is -0.785. The van der Waals surface area contributed by atoms with Crippen molar-refractivity contribution in [2.75, 3.05) is 6.61 Å². The monoisotopic (exact) mass is 236 g/mol. The Labute approximate surface area is 90.6 Å². The average Bonchev–Trinajstić information content (AvgIpc) is 2.01. The minimum absolute atomic E-state index is 0.0477. The Balaban J connectivity index is 3.14. The maximum atomic E-state index is 13.2. The van der Waals surface area contributed by atoms with Gasteiger partial charge < -0.3 is 4.74 Å². The molecule has 0 aliphatic heterocycles. The van der Waals surface area contributed by atoms with E-state index in [-0.39, 0.29) is 22.2 Å². The fourth-order valence-electron chi connectivity index (χ4n) is 0.940. The Hall–Kier alpha value is -0.800. The van der Waals surface area contributed by atoms with Gasteiger partial charge in [0, 0.05) is 5.02 Å². The molecule has 0 saturated carbocycles. The van der Waals surface area contributed by atoms with Gasteiger partial charge in [-0.3, -0.25) is 0 Å². The molecule has 2 nitrogen and oxygen atoms in total. The van der Waals surface area contributed by atoms with Gasteiger partial charge in [-0.15, -0.1) is 0 Å². The van der Waals surface area contributed by atoms with Gasteiger partial charge in [-0.05, 0) is 19.1 Å². The molecule has 76 valence electrons. The summed E-state index contributed by atoms with van der Waals surface area (Å²) in [5.41, 5.74) is -0.280. The van der Waals surface area contributed by atoms with Gasteiger partial charge in [0.05, 0.1) is 11.6 Å². The number of rotatable bonds is 2. The summed E-state index contributed by atoms with van der Waals surface area (Å²) in [4.78, 5) is 11.2. The molecule has 0 heterocycles. The van der Waals surface area contributed by atoms with Crippen molar-refractivity contribution < 1.29 is 13.9 Å². The zero-order valence-electron chi connectivity index (χ0n) is 7.31. The molecule has 0 bridgehead atoms. The highest BCUT2D eigenvalue weighted by molar-refractivity contribution is 6.36. The summed E-state index contributed by atoms with van der Waals surface area (Å²) in [7, 11) is 0. The highest BCUT2D eigenvalue weighted by Crippen LogP contribution is 2.24. The lowest BCUT2D eigenvalue weighted by Gasteiger charge is -2.05. The molecule has 0 aliphatic carbocycles. The number of hydrogen-bond acceptors (Lipinski definition) is 2. The summed E-state index contributed by atoms with van der Waals surface area (Å²) < 4.78 is 17.8. The van der Waals surface area contributed by atoms with E-state index < -0.39 is 11.8 Å². The highest BCUT2D eigenvalue weighted by atomic mass is 35.5. The molecule has 0 atom stereocenters. The fraction of sp³-hybridized carbons (Fsp3) is 0.222. The van der Waals surface area contributed by atoms with Crippen LogP contribution in [0.25, 0.3) is 0 Å². The molecule has 0 aliphatic rings. The molecule has 0 unspecified atom stereocenters. The predicted octanol–water partition coefficient (Wildman–Crippen LogP) is 3.31. The first kappa shape index (κ1) is 11.3. The zero-order valence-corrected chi connectivity index (χ0v) is 8.82. The second-order valence-electron chi connectivity index (χ2n) is 2.46. The third-order valence-electron chi connectivity index (χ3n) is 1.49. The van der Waals surface area contributed by atoms with E-state index in [2.05, 4.69) is 4.74 Å². The summed E-state index contributed by atoms with van der Waals surface area (Å²) in [5.74, 6) is -1.56.